The van der Waals surface area contributed by atoms with Crippen LogP contribution in [0.5, 0.6) is 0 Å². The highest BCUT2D eigenvalue weighted by Gasteiger charge is 2.41. The van der Waals surface area contributed by atoms with Crippen LogP contribution in [-0.2, 0) is 15.0 Å². The fraction of sp³-hybridized carbons (Fsp3) is 0.929. The first kappa shape index (κ1) is 17.6. The number of halogens is 1. The highest BCUT2D eigenvalue weighted by Crippen LogP contribution is 2.24. The Morgan fingerprint density at radius 2 is 1.82 bits per heavy atom. The van der Waals surface area contributed by atoms with Crippen LogP contribution in [0.15, 0.2) is 0 Å². The topological polar surface area (TPSA) is 60.9 Å². The van der Waals surface area contributed by atoms with Crippen LogP contribution in [0.1, 0.15) is 27.2 Å². The SMILES string of the molecule is CCN1CCN(C(C)(C)CN2CC(S(=O)(=O)F)CC2=O)CC1. The molecule has 2 rings (SSSR count). The van der Waals surface area contributed by atoms with E-state index < -0.39 is 15.5 Å². The molecule has 128 valence electrons. The molecule has 1 atom stereocenters. The Labute approximate surface area is 132 Å². The smallest absolute Gasteiger partial charge is 0.307 e. The van der Waals surface area contributed by atoms with Gasteiger partial charge < -0.3 is 9.80 Å². The Morgan fingerprint density at radius 1 is 1.23 bits per heavy atom. The van der Waals surface area contributed by atoms with Gasteiger partial charge in [-0.05, 0) is 20.4 Å². The van der Waals surface area contributed by atoms with Gasteiger partial charge in [0.1, 0.15) is 5.25 Å². The summed E-state index contributed by atoms with van der Waals surface area (Å²) in [4.78, 5) is 18.1. The number of rotatable bonds is 5. The van der Waals surface area contributed by atoms with Gasteiger partial charge >= 0.3 is 10.2 Å². The lowest BCUT2D eigenvalue weighted by atomic mass is 10.0. The zero-order chi connectivity index (χ0) is 16.5. The van der Waals surface area contributed by atoms with Crippen LogP contribution < -0.4 is 0 Å². The normalized spacial score (nSPS) is 25.9. The molecule has 2 aliphatic rings. The molecule has 2 aliphatic heterocycles. The van der Waals surface area contributed by atoms with E-state index in [-0.39, 0.29) is 24.4 Å². The zero-order valence-electron chi connectivity index (χ0n) is 13.6. The van der Waals surface area contributed by atoms with Gasteiger partial charge in [0, 0.05) is 51.2 Å². The number of hydrogen-bond acceptors (Lipinski definition) is 5. The Hall–Kier alpha value is -0.730. The summed E-state index contributed by atoms with van der Waals surface area (Å²) in [6.07, 6.45) is -0.238. The maximum Gasteiger partial charge on any atom is 0.307 e. The van der Waals surface area contributed by atoms with Gasteiger partial charge in [-0.15, -0.1) is 3.89 Å². The maximum absolute atomic E-state index is 13.1. The lowest BCUT2D eigenvalue weighted by Crippen LogP contribution is -2.58. The molecular formula is C14H26FN3O3S. The van der Waals surface area contributed by atoms with Crippen molar-refractivity contribution >= 4 is 16.1 Å². The summed E-state index contributed by atoms with van der Waals surface area (Å²) in [5.74, 6) is -0.272. The first-order valence-electron chi connectivity index (χ1n) is 7.82. The molecule has 2 saturated heterocycles. The Bertz CT molecular complexity index is 515. The number of amides is 1. The third kappa shape index (κ3) is 3.97. The Morgan fingerprint density at radius 3 is 2.27 bits per heavy atom. The average Bonchev–Trinajstić information content (AvgIpc) is 2.80. The van der Waals surface area contributed by atoms with Gasteiger partial charge in [-0.1, -0.05) is 6.92 Å². The van der Waals surface area contributed by atoms with Crippen molar-refractivity contribution < 1.29 is 17.1 Å². The predicted octanol–water partition coefficient (Wildman–Crippen LogP) is 0.303. The summed E-state index contributed by atoms with van der Waals surface area (Å²) in [7, 11) is -4.64. The molecule has 8 heteroatoms. The second-order valence-electron chi connectivity index (χ2n) is 6.81. The number of piperazine rings is 1. The standard InChI is InChI=1S/C14H26FN3O3S/c1-4-16-5-7-18(8-6-16)14(2,3)11-17-10-12(9-13(17)19)22(15,20)21/h12H,4-11H2,1-3H3. The Balaban J connectivity index is 1.96. The van der Waals surface area contributed by atoms with E-state index in [4.69, 9.17) is 0 Å². The molecule has 0 N–H and O–H groups in total. The van der Waals surface area contributed by atoms with Gasteiger partial charge in [0.05, 0.1) is 0 Å². The van der Waals surface area contributed by atoms with Gasteiger partial charge in [0.25, 0.3) is 0 Å². The largest absolute Gasteiger partial charge is 0.339 e. The van der Waals surface area contributed by atoms with E-state index in [0.29, 0.717) is 6.54 Å². The van der Waals surface area contributed by atoms with Crippen molar-refractivity contribution in [2.24, 2.45) is 0 Å². The molecule has 0 bridgehead atoms. The van der Waals surface area contributed by atoms with E-state index >= 15 is 0 Å². The zero-order valence-corrected chi connectivity index (χ0v) is 14.4. The van der Waals surface area contributed by atoms with Crippen molar-refractivity contribution in [2.45, 2.75) is 38.0 Å². The summed E-state index contributed by atoms with van der Waals surface area (Å²) < 4.78 is 35.1. The molecule has 0 aromatic rings. The van der Waals surface area contributed by atoms with E-state index in [0.717, 1.165) is 32.7 Å². The highest BCUT2D eigenvalue weighted by atomic mass is 32.3. The van der Waals surface area contributed by atoms with E-state index in [1.807, 2.05) is 0 Å². The van der Waals surface area contributed by atoms with Crippen LogP contribution >= 0.6 is 0 Å². The van der Waals surface area contributed by atoms with Gasteiger partial charge in [0.15, 0.2) is 0 Å². The molecule has 0 saturated carbocycles. The molecule has 2 fully saturated rings. The molecule has 1 unspecified atom stereocenters. The molecule has 22 heavy (non-hydrogen) atoms. The monoisotopic (exact) mass is 335 g/mol. The van der Waals surface area contributed by atoms with Crippen LogP contribution in [0.2, 0.25) is 0 Å². The maximum atomic E-state index is 13.1. The molecule has 2 heterocycles. The second kappa shape index (κ2) is 6.41. The first-order chi connectivity index (χ1) is 10.1. The van der Waals surface area contributed by atoms with Crippen LogP contribution in [0.4, 0.5) is 3.89 Å². The van der Waals surface area contributed by atoms with Crippen molar-refractivity contribution in [1.82, 2.24) is 14.7 Å². The highest BCUT2D eigenvalue weighted by molar-refractivity contribution is 7.87. The van der Waals surface area contributed by atoms with Gasteiger partial charge in [0.2, 0.25) is 5.91 Å². The average molecular weight is 335 g/mol. The number of carbonyl (C=O) groups is 1. The van der Waals surface area contributed by atoms with Crippen LogP contribution in [0.3, 0.4) is 0 Å². The van der Waals surface area contributed by atoms with E-state index in [1.54, 1.807) is 0 Å². The predicted molar refractivity (Wildman–Crippen MR) is 82.8 cm³/mol. The van der Waals surface area contributed by atoms with E-state index in [2.05, 4.69) is 30.6 Å². The molecule has 1 amide bonds. The first-order valence-corrected chi connectivity index (χ1v) is 9.27. The van der Waals surface area contributed by atoms with E-state index in [9.17, 15) is 17.1 Å². The minimum absolute atomic E-state index is 0.0317. The van der Waals surface area contributed by atoms with Crippen molar-refractivity contribution in [2.75, 3.05) is 45.8 Å². The summed E-state index contributed by atoms with van der Waals surface area (Å²) in [5.41, 5.74) is -0.246. The van der Waals surface area contributed by atoms with Gasteiger partial charge in [-0.25, -0.2) is 0 Å². The fourth-order valence-electron chi connectivity index (χ4n) is 3.31. The van der Waals surface area contributed by atoms with Crippen LogP contribution in [-0.4, -0.2) is 85.6 Å². The minimum atomic E-state index is -4.64. The third-order valence-electron chi connectivity index (χ3n) is 4.83. The van der Waals surface area contributed by atoms with E-state index in [1.165, 1.54) is 4.90 Å². The van der Waals surface area contributed by atoms with Crippen LogP contribution in [0, 0.1) is 0 Å². The number of likely N-dealkylation sites (N-methyl/N-ethyl adjacent to an activating group) is 1. The molecule has 0 radical (unpaired) electrons. The van der Waals surface area contributed by atoms with Gasteiger partial charge in [-0.3, -0.25) is 9.69 Å². The Kier molecular flexibility index (Phi) is 5.13. The lowest BCUT2D eigenvalue weighted by molar-refractivity contribution is -0.129. The molecule has 6 nitrogen and oxygen atoms in total. The lowest BCUT2D eigenvalue weighted by Gasteiger charge is -2.45. The fourth-order valence-corrected chi connectivity index (χ4v) is 4.01. The van der Waals surface area contributed by atoms with Crippen molar-refractivity contribution in [3.05, 3.63) is 0 Å². The quantitative estimate of drug-likeness (QED) is 0.677. The minimum Gasteiger partial charge on any atom is -0.339 e. The third-order valence-corrected chi connectivity index (χ3v) is 5.94. The number of likely N-dealkylation sites (tertiary alicyclic amines) is 1. The van der Waals surface area contributed by atoms with Crippen molar-refractivity contribution in [3.63, 3.8) is 0 Å². The number of carbonyl (C=O) groups excluding carboxylic acids is 1. The summed E-state index contributed by atoms with van der Waals surface area (Å²) in [6.45, 7) is 11.5. The molecule has 0 aliphatic carbocycles. The van der Waals surface area contributed by atoms with Crippen LogP contribution in [0.25, 0.3) is 0 Å². The second-order valence-corrected chi connectivity index (χ2v) is 8.43. The van der Waals surface area contributed by atoms with Gasteiger partial charge in [-0.2, -0.15) is 8.42 Å². The van der Waals surface area contributed by atoms with Crippen molar-refractivity contribution in [3.8, 4) is 0 Å². The molecule has 0 spiro atoms. The summed E-state index contributed by atoms with van der Waals surface area (Å²) in [5, 5.41) is -1.20. The summed E-state index contributed by atoms with van der Waals surface area (Å²) >= 11 is 0. The molecule has 0 aromatic heterocycles. The number of nitrogens with zero attached hydrogens (tertiary/aromatic N) is 3. The van der Waals surface area contributed by atoms with Crippen molar-refractivity contribution in [1.29, 1.82) is 0 Å². The molecule has 0 aromatic carbocycles. The molecular weight excluding hydrogens is 309 g/mol. The summed E-state index contributed by atoms with van der Waals surface area (Å²) in [6, 6.07) is 0. The number of hydrogen-bond donors (Lipinski definition) is 0.